The van der Waals surface area contributed by atoms with Crippen molar-refractivity contribution >= 4 is 17.5 Å². The number of morpholine rings is 1. The number of nitrogens with one attached hydrogen (secondary N) is 2. The van der Waals surface area contributed by atoms with Gasteiger partial charge in [0.25, 0.3) is 5.91 Å². The summed E-state index contributed by atoms with van der Waals surface area (Å²) < 4.78 is 10.9. The van der Waals surface area contributed by atoms with Crippen LogP contribution in [0.3, 0.4) is 0 Å². The second-order valence-electron chi connectivity index (χ2n) is 5.86. The van der Waals surface area contributed by atoms with Crippen LogP contribution in [0.25, 0.3) is 0 Å². The number of amides is 2. The summed E-state index contributed by atoms with van der Waals surface area (Å²) in [5, 5.41) is 14.8. The van der Waals surface area contributed by atoms with Crippen molar-refractivity contribution in [3.63, 3.8) is 0 Å². The smallest absolute Gasteiger partial charge is 0.262 e. The molecule has 0 spiro atoms. The molecule has 0 aromatic heterocycles. The molecule has 136 valence electrons. The fraction of sp³-hybridized carbons (Fsp3) is 0.263. The maximum Gasteiger partial charge on any atom is 0.262 e. The van der Waals surface area contributed by atoms with E-state index in [4.69, 9.17) is 9.47 Å². The van der Waals surface area contributed by atoms with Gasteiger partial charge in [0, 0.05) is 5.69 Å². The third-order valence-corrected chi connectivity index (χ3v) is 3.94. The SMILES string of the molecule is O=C(COc1ccccc1)Nc1ccc([C@H]2OCC(=O)N[C@@H]2CO)cc1. The first-order valence-electron chi connectivity index (χ1n) is 8.25. The van der Waals surface area contributed by atoms with Crippen molar-refractivity contribution in [3.8, 4) is 5.75 Å². The molecule has 3 rings (SSSR count). The van der Waals surface area contributed by atoms with Gasteiger partial charge in [0.1, 0.15) is 18.5 Å². The molecule has 1 heterocycles. The van der Waals surface area contributed by atoms with Crippen LogP contribution in [0.1, 0.15) is 11.7 Å². The van der Waals surface area contributed by atoms with Gasteiger partial charge in [-0.15, -0.1) is 0 Å². The van der Waals surface area contributed by atoms with Crippen molar-refractivity contribution in [2.45, 2.75) is 12.1 Å². The Labute approximate surface area is 150 Å². The van der Waals surface area contributed by atoms with E-state index in [1.54, 1.807) is 36.4 Å². The molecule has 1 aliphatic rings. The van der Waals surface area contributed by atoms with Crippen LogP contribution in [0.2, 0.25) is 0 Å². The summed E-state index contributed by atoms with van der Waals surface area (Å²) in [6.45, 7) is -0.349. The van der Waals surface area contributed by atoms with Gasteiger partial charge in [-0.05, 0) is 29.8 Å². The molecule has 1 saturated heterocycles. The van der Waals surface area contributed by atoms with Crippen molar-refractivity contribution in [1.29, 1.82) is 0 Å². The topological polar surface area (TPSA) is 96.9 Å². The molecule has 2 aromatic rings. The quantitative estimate of drug-likeness (QED) is 0.724. The van der Waals surface area contributed by atoms with Crippen LogP contribution in [0, 0.1) is 0 Å². The first kappa shape index (κ1) is 17.9. The maximum atomic E-state index is 12.0. The van der Waals surface area contributed by atoms with Gasteiger partial charge >= 0.3 is 0 Å². The maximum absolute atomic E-state index is 12.0. The highest BCUT2D eigenvalue weighted by Crippen LogP contribution is 2.25. The second-order valence-corrected chi connectivity index (χ2v) is 5.86. The van der Waals surface area contributed by atoms with Crippen LogP contribution in [0.4, 0.5) is 5.69 Å². The minimum Gasteiger partial charge on any atom is -0.484 e. The van der Waals surface area contributed by atoms with E-state index in [-0.39, 0.29) is 31.6 Å². The number of para-hydroxylation sites is 1. The van der Waals surface area contributed by atoms with Crippen LogP contribution in [0.5, 0.6) is 5.75 Å². The van der Waals surface area contributed by atoms with Crippen molar-refractivity contribution < 1.29 is 24.2 Å². The standard InChI is InChI=1S/C19H20N2O5/c22-10-16-19(26-12-18(24)21-16)13-6-8-14(9-7-13)20-17(23)11-25-15-4-2-1-3-5-15/h1-9,16,19,22H,10-12H2,(H,20,23)(H,21,24)/t16-,19-/m1/s1. The number of carbonyl (C=O) groups is 2. The lowest BCUT2D eigenvalue weighted by Gasteiger charge is -2.31. The minimum atomic E-state index is -0.490. The number of carbonyl (C=O) groups excluding carboxylic acids is 2. The Kier molecular flexibility index (Phi) is 5.83. The van der Waals surface area contributed by atoms with E-state index in [0.29, 0.717) is 11.4 Å². The number of hydrogen-bond acceptors (Lipinski definition) is 5. The molecule has 7 heteroatoms. The number of aliphatic hydroxyl groups is 1. The van der Waals surface area contributed by atoms with E-state index >= 15 is 0 Å². The van der Waals surface area contributed by atoms with Gasteiger partial charge in [0.05, 0.1) is 12.6 Å². The predicted molar refractivity (Wildman–Crippen MR) is 94.7 cm³/mol. The van der Waals surface area contributed by atoms with E-state index < -0.39 is 12.1 Å². The van der Waals surface area contributed by atoms with Gasteiger partial charge in [-0.25, -0.2) is 0 Å². The summed E-state index contributed by atoms with van der Waals surface area (Å²) in [6.07, 6.45) is -0.427. The molecule has 0 radical (unpaired) electrons. The van der Waals surface area contributed by atoms with Crippen LogP contribution < -0.4 is 15.4 Å². The van der Waals surface area contributed by atoms with Gasteiger partial charge in [0.15, 0.2) is 6.61 Å². The molecule has 1 fully saturated rings. The summed E-state index contributed by atoms with van der Waals surface area (Å²) in [7, 11) is 0. The van der Waals surface area contributed by atoms with E-state index in [1.165, 1.54) is 0 Å². The van der Waals surface area contributed by atoms with Crippen LogP contribution in [-0.2, 0) is 14.3 Å². The first-order valence-corrected chi connectivity index (χ1v) is 8.25. The van der Waals surface area contributed by atoms with E-state index in [0.717, 1.165) is 5.56 Å². The monoisotopic (exact) mass is 356 g/mol. The first-order chi connectivity index (χ1) is 12.7. The third kappa shape index (κ3) is 4.59. The Bertz CT molecular complexity index is 748. The Morgan fingerprint density at radius 1 is 1.19 bits per heavy atom. The molecule has 0 saturated carbocycles. The zero-order chi connectivity index (χ0) is 18.4. The van der Waals surface area contributed by atoms with Gasteiger partial charge in [-0.2, -0.15) is 0 Å². The van der Waals surface area contributed by atoms with Crippen LogP contribution >= 0.6 is 0 Å². The lowest BCUT2D eigenvalue weighted by atomic mass is 10.0. The number of anilines is 1. The lowest BCUT2D eigenvalue weighted by Crippen LogP contribution is -2.49. The highest BCUT2D eigenvalue weighted by atomic mass is 16.5. The highest BCUT2D eigenvalue weighted by molar-refractivity contribution is 5.91. The van der Waals surface area contributed by atoms with Crippen molar-refractivity contribution in [1.82, 2.24) is 5.32 Å². The normalized spacial score (nSPS) is 19.5. The average Bonchev–Trinajstić information content (AvgIpc) is 2.68. The number of rotatable bonds is 6. The molecule has 7 nitrogen and oxygen atoms in total. The molecule has 0 unspecified atom stereocenters. The second kappa shape index (κ2) is 8.46. The van der Waals surface area contributed by atoms with Crippen LogP contribution in [-0.4, -0.2) is 42.8 Å². The van der Waals surface area contributed by atoms with Crippen molar-refractivity contribution in [2.75, 3.05) is 25.1 Å². The Morgan fingerprint density at radius 2 is 1.92 bits per heavy atom. The lowest BCUT2D eigenvalue weighted by molar-refractivity contribution is -0.138. The van der Waals surface area contributed by atoms with Crippen molar-refractivity contribution in [3.05, 3.63) is 60.2 Å². The average molecular weight is 356 g/mol. The molecule has 26 heavy (non-hydrogen) atoms. The molecule has 3 N–H and O–H groups in total. The minimum absolute atomic E-state index is 0.0452. The fourth-order valence-corrected chi connectivity index (χ4v) is 2.69. The summed E-state index contributed by atoms with van der Waals surface area (Å²) >= 11 is 0. The summed E-state index contributed by atoms with van der Waals surface area (Å²) in [5.41, 5.74) is 1.43. The fourth-order valence-electron chi connectivity index (χ4n) is 2.69. The molecule has 2 atom stereocenters. The highest BCUT2D eigenvalue weighted by Gasteiger charge is 2.30. The number of ether oxygens (including phenoxy) is 2. The largest absolute Gasteiger partial charge is 0.484 e. The van der Waals surface area contributed by atoms with Gasteiger partial charge in [0.2, 0.25) is 5.91 Å². The number of hydrogen-bond donors (Lipinski definition) is 3. The van der Waals surface area contributed by atoms with Gasteiger partial charge < -0.3 is 25.2 Å². The third-order valence-electron chi connectivity index (χ3n) is 3.94. The molecular weight excluding hydrogens is 336 g/mol. The summed E-state index contributed by atoms with van der Waals surface area (Å²) in [6, 6.07) is 15.7. The summed E-state index contributed by atoms with van der Waals surface area (Å²) in [5.74, 6) is 0.114. The van der Waals surface area contributed by atoms with Gasteiger partial charge in [-0.3, -0.25) is 9.59 Å². The van der Waals surface area contributed by atoms with E-state index in [1.807, 2.05) is 18.2 Å². The molecule has 0 aliphatic carbocycles. The van der Waals surface area contributed by atoms with E-state index in [2.05, 4.69) is 10.6 Å². The Hall–Kier alpha value is -2.90. The van der Waals surface area contributed by atoms with Gasteiger partial charge in [-0.1, -0.05) is 30.3 Å². The zero-order valence-corrected chi connectivity index (χ0v) is 14.1. The van der Waals surface area contributed by atoms with E-state index in [9.17, 15) is 14.7 Å². The predicted octanol–water partition coefficient (Wildman–Crippen LogP) is 1.25. The molecular formula is C19H20N2O5. The molecule has 2 amide bonds. The molecule has 2 aromatic carbocycles. The molecule has 0 bridgehead atoms. The molecule has 1 aliphatic heterocycles. The summed E-state index contributed by atoms with van der Waals surface area (Å²) in [4.78, 5) is 23.3. The van der Waals surface area contributed by atoms with Crippen LogP contribution in [0.15, 0.2) is 54.6 Å². The zero-order valence-electron chi connectivity index (χ0n) is 14.1. The Balaban J connectivity index is 1.55. The Morgan fingerprint density at radius 3 is 2.62 bits per heavy atom. The van der Waals surface area contributed by atoms with Crippen molar-refractivity contribution in [2.24, 2.45) is 0 Å². The number of benzene rings is 2. The number of aliphatic hydroxyl groups excluding tert-OH is 1.